The van der Waals surface area contributed by atoms with E-state index in [2.05, 4.69) is 5.32 Å². The highest BCUT2D eigenvalue weighted by Gasteiger charge is 2.23. The first-order valence-electron chi connectivity index (χ1n) is 6.17. The summed E-state index contributed by atoms with van der Waals surface area (Å²) in [5, 5.41) is 2.90. The van der Waals surface area contributed by atoms with Crippen LogP contribution < -0.4 is 10.1 Å². The second-order valence-corrected chi connectivity index (χ2v) is 4.44. The Morgan fingerprint density at radius 3 is 2.39 bits per heavy atom. The molecule has 0 amide bonds. The molecule has 0 spiro atoms. The van der Waals surface area contributed by atoms with Crippen LogP contribution in [0.2, 0.25) is 0 Å². The lowest BCUT2D eigenvalue weighted by Gasteiger charge is -2.21. The zero-order chi connectivity index (χ0) is 13.7. The van der Waals surface area contributed by atoms with Gasteiger partial charge in [-0.05, 0) is 49.6 Å². The van der Waals surface area contributed by atoms with Crippen LogP contribution in [0.5, 0.6) is 5.75 Å². The molecule has 0 fully saturated rings. The number of benzene rings is 1. The van der Waals surface area contributed by atoms with Gasteiger partial charge in [-0.3, -0.25) is 0 Å². The van der Waals surface area contributed by atoms with E-state index in [9.17, 15) is 8.78 Å². The monoisotopic (exact) mass is 257 g/mol. The zero-order valence-electron chi connectivity index (χ0n) is 11.4. The number of methoxy groups -OCH3 is 1. The largest absolute Gasteiger partial charge is 0.496 e. The minimum Gasteiger partial charge on any atom is -0.496 e. The van der Waals surface area contributed by atoms with Gasteiger partial charge in [-0.1, -0.05) is 13.0 Å². The maximum absolute atomic E-state index is 13.1. The predicted molar refractivity (Wildman–Crippen MR) is 69.5 cm³/mol. The number of ether oxygens (including phenoxy) is 1. The van der Waals surface area contributed by atoms with Gasteiger partial charge in [-0.2, -0.15) is 0 Å². The van der Waals surface area contributed by atoms with Crippen molar-refractivity contribution in [2.24, 2.45) is 0 Å². The van der Waals surface area contributed by atoms with E-state index in [1.807, 2.05) is 26.8 Å². The van der Waals surface area contributed by atoms with Crippen LogP contribution in [0, 0.1) is 13.8 Å². The average Bonchev–Trinajstić information content (AvgIpc) is 2.32. The van der Waals surface area contributed by atoms with Gasteiger partial charge in [0.15, 0.2) is 0 Å². The highest BCUT2D eigenvalue weighted by molar-refractivity contribution is 5.43. The average molecular weight is 257 g/mol. The molecule has 1 aromatic carbocycles. The van der Waals surface area contributed by atoms with Gasteiger partial charge in [0.25, 0.3) is 6.43 Å². The summed E-state index contributed by atoms with van der Waals surface area (Å²) in [6.07, 6.45) is -1.58. The van der Waals surface area contributed by atoms with Crippen LogP contribution in [0.15, 0.2) is 12.1 Å². The first-order valence-corrected chi connectivity index (χ1v) is 6.17. The fourth-order valence-corrected chi connectivity index (χ4v) is 2.00. The van der Waals surface area contributed by atoms with E-state index in [1.54, 1.807) is 13.2 Å². The lowest BCUT2D eigenvalue weighted by atomic mass is 9.98. The number of halogens is 2. The molecule has 0 heterocycles. The summed E-state index contributed by atoms with van der Waals surface area (Å²) in [5.74, 6) is 0.736. The van der Waals surface area contributed by atoms with Gasteiger partial charge < -0.3 is 10.1 Å². The van der Waals surface area contributed by atoms with Gasteiger partial charge in [-0.25, -0.2) is 8.78 Å². The van der Waals surface area contributed by atoms with Crippen molar-refractivity contribution in [2.45, 2.75) is 39.7 Å². The summed E-state index contributed by atoms with van der Waals surface area (Å²) in [6, 6.07) is 2.69. The summed E-state index contributed by atoms with van der Waals surface area (Å²) < 4.78 is 31.4. The van der Waals surface area contributed by atoms with Gasteiger partial charge in [-0.15, -0.1) is 0 Å². The van der Waals surface area contributed by atoms with Crippen molar-refractivity contribution in [3.8, 4) is 5.75 Å². The normalized spacial score (nSPS) is 12.8. The molecular weight excluding hydrogens is 236 g/mol. The van der Waals surface area contributed by atoms with Gasteiger partial charge in [0.2, 0.25) is 0 Å². The molecule has 2 nitrogen and oxygen atoms in total. The Hall–Kier alpha value is -1.16. The minimum absolute atomic E-state index is 0.583. The molecular formula is C14H21F2NO. The standard InChI is InChI=1S/C14H21F2NO/c1-5-6-17-13(14(15)16)11-7-10(3)12(18-4)8-9(11)2/h7-8,13-14,17H,5-6H2,1-4H3. The molecule has 18 heavy (non-hydrogen) atoms. The topological polar surface area (TPSA) is 21.3 Å². The quantitative estimate of drug-likeness (QED) is 0.840. The number of alkyl halides is 2. The van der Waals surface area contributed by atoms with Crippen molar-refractivity contribution in [2.75, 3.05) is 13.7 Å². The van der Waals surface area contributed by atoms with Crippen molar-refractivity contribution in [1.82, 2.24) is 5.32 Å². The number of rotatable bonds is 6. The van der Waals surface area contributed by atoms with Crippen molar-refractivity contribution in [1.29, 1.82) is 0 Å². The molecule has 0 aliphatic heterocycles. The summed E-state index contributed by atoms with van der Waals surface area (Å²) in [4.78, 5) is 0. The van der Waals surface area contributed by atoms with E-state index in [4.69, 9.17) is 4.74 Å². The molecule has 0 aromatic heterocycles. The Morgan fingerprint density at radius 2 is 1.89 bits per heavy atom. The van der Waals surface area contributed by atoms with Crippen LogP contribution in [-0.4, -0.2) is 20.1 Å². The van der Waals surface area contributed by atoms with Crippen molar-refractivity contribution < 1.29 is 13.5 Å². The lowest BCUT2D eigenvalue weighted by molar-refractivity contribution is 0.0981. The molecule has 1 N–H and O–H groups in total. The second kappa shape index (κ2) is 6.69. The Labute approximate surface area is 107 Å². The maximum atomic E-state index is 13.1. The minimum atomic E-state index is -2.41. The highest BCUT2D eigenvalue weighted by Crippen LogP contribution is 2.29. The second-order valence-electron chi connectivity index (χ2n) is 4.44. The molecule has 1 rings (SSSR count). The van der Waals surface area contributed by atoms with Crippen LogP contribution in [0.1, 0.15) is 36.1 Å². The van der Waals surface area contributed by atoms with E-state index in [1.165, 1.54) is 0 Å². The van der Waals surface area contributed by atoms with E-state index in [0.29, 0.717) is 12.1 Å². The molecule has 102 valence electrons. The Morgan fingerprint density at radius 1 is 1.22 bits per heavy atom. The summed E-state index contributed by atoms with van der Waals surface area (Å²) in [6.45, 7) is 6.24. The highest BCUT2D eigenvalue weighted by atomic mass is 19.3. The third kappa shape index (κ3) is 3.42. The number of hydrogen-bond acceptors (Lipinski definition) is 2. The SMILES string of the molecule is CCCNC(c1cc(C)c(OC)cc1C)C(F)F. The Kier molecular flexibility index (Phi) is 5.54. The number of aryl methyl sites for hydroxylation is 2. The fraction of sp³-hybridized carbons (Fsp3) is 0.571. The van der Waals surface area contributed by atoms with Gasteiger partial charge >= 0.3 is 0 Å². The van der Waals surface area contributed by atoms with Gasteiger partial charge in [0, 0.05) is 0 Å². The molecule has 0 aliphatic rings. The third-order valence-corrected chi connectivity index (χ3v) is 2.98. The molecule has 0 radical (unpaired) electrons. The summed E-state index contributed by atoms with van der Waals surface area (Å²) in [7, 11) is 1.58. The zero-order valence-corrected chi connectivity index (χ0v) is 11.4. The fourth-order valence-electron chi connectivity index (χ4n) is 2.00. The van der Waals surface area contributed by atoms with Gasteiger partial charge in [0.05, 0.1) is 13.2 Å². The first kappa shape index (κ1) is 14.9. The number of nitrogens with one attached hydrogen (secondary N) is 1. The van der Waals surface area contributed by atoms with Crippen LogP contribution in [0.3, 0.4) is 0 Å². The van der Waals surface area contributed by atoms with E-state index in [0.717, 1.165) is 23.3 Å². The van der Waals surface area contributed by atoms with E-state index < -0.39 is 12.5 Å². The van der Waals surface area contributed by atoms with Crippen LogP contribution in [0.25, 0.3) is 0 Å². The van der Waals surface area contributed by atoms with Crippen molar-refractivity contribution in [3.05, 3.63) is 28.8 Å². The molecule has 0 aliphatic carbocycles. The first-order chi connectivity index (χ1) is 8.51. The molecule has 0 saturated heterocycles. The molecule has 4 heteroatoms. The van der Waals surface area contributed by atoms with Crippen LogP contribution in [0.4, 0.5) is 8.78 Å². The van der Waals surface area contributed by atoms with E-state index >= 15 is 0 Å². The number of hydrogen-bond donors (Lipinski definition) is 1. The molecule has 1 aromatic rings. The van der Waals surface area contributed by atoms with Crippen molar-refractivity contribution >= 4 is 0 Å². The smallest absolute Gasteiger partial charge is 0.257 e. The summed E-state index contributed by atoms with van der Waals surface area (Å²) in [5.41, 5.74) is 2.35. The van der Waals surface area contributed by atoms with Crippen molar-refractivity contribution in [3.63, 3.8) is 0 Å². The molecule has 1 unspecified atom stereocenters. The molecule has 0 saturated carbocycles. The van der Waals surface area contributed by atoms with Gasteiger partial charge in [0.1, 0.15) is 5.75 Å². The van der Waals surface area contributed by atoms with Crippen LogP contribution >= 0.6 is 0 Å². The molecule has 0 bridgehead atoms. The van der Waals surface area contributed by atoms with E-state index in [-0.39, 0.29) is 0 Å². The van der Waals surface area contributed by atoms with Crippen LogP contribution in [-0.2, 0) is 0 Å². The Balaban J connectivity index is 3.08. The lowest BCUT2D eigenvalue weighted by Crippen LogP contribution is -2.28. The molecule has 1 atom stereocenters. The third-order valence-electron chi connectivity index (χ3n) is 2.98. The summed E-state index contributed by atoms with van der Waals surface area (Å²) >= 11 is 0. The predicted octanol–water partition coefficient (Wildman–Crippen LogP) is 3.62. The Bertz CT molecular complexity index is 394. The maximum Gasteiger partial charge on any atom is 0.257 e.